The number of nitrogen functional groups attached to an aromatic ring is 1. The molecule has 0 aromatic carbocycles. The second kappa shape index (κ2) is 4.96. The Balaban J connectivity index is 2.47. The molecule has 0 aliphatic heterocycles. The van der Waals surface area contributed by atoms with E-state index < -0.39 is 0 Å². The lowest BCUT2D eigenvalue weighted by atomic mass is 9.92. The van der Waals surface area contributed by atoms with Crippen molar-refractivity contribution in [2.45, 2.75) is 27.2 Å². The molecule has 0 fully saturated rings. The van der Waals surface area contributed by atoms with Crippen LogP contribution in [0.2, 0.25) is 0 Å². The second-order valence-electron chi connectivity index (χ2n) is 5.04. The lowest BCUT2D eigenvalue weighted by molar-refractivity contribution is 0.0944. The largest absolute Gasteiger partial charge is 0.399 e. The molecule has 0 saturated heterocycles. The lowest BCUT2D eigenvalue weighted by Gasteiger charge is -2.17. The Labute approximate surface area is 96.3 Å². The monoisotopic (exact) mass is 221 g/mol. The smallest absolute Gasteiger partial charge is 0.269 e. The van der Waals surface area contributed by atoms with Crippen molar-refractivity contribution in [2.75, 3.05) is 12.3 Å². The van der Waals surface area contributed by atoms with Crippen molar-refractivity contribution in [3.8, 4) is 0 Å². The Hall–Kier alpha value is -1.58. The van der Waals surface area contributed by atoms with Gasteiger partial charge in [0.05, 0.1) is 0 Å². The fraction of sp³-hybridized carbons (Fsp3) is 0.500. The van der Waals surface area contributed by atoms with E-state index in [-0.39, 0.29) is 11.3 Å². The van der Waals surface area contributed by atoms with E-state index >= 15 is 0 Å². The number of hydrogen-bond acceptors (Lipinski definition) is 3. The third kappa shape index (κ3) is 4.29. The number of pyridine rings is 1. The molecule has 4 heteroatoms. The summed E-state index contributed by atoms with van der Waals surface area (Å²) >= 11 is 0. The van der Waals surface area contributed by atoms with Crippen molar-refractivity contribution in [1.29, 1.82) is 0 Å². The molecule has 0 saturated carbocycles. The maximum absolute atomic E-state index is 11.7. The van der Waals surface area contributed by atoms with Gasteiger partial charge in [-0.05, 0) is 24.0 Å². The zero-order valence-corrected chi connectivity index (χ0v) is 10.1. The van der Waals surface area contributed by atoms with Crippen LogP contribution < -0.4 is 11.1 Å². The molecule has 0 spiro atoms. The van der Waals surface area contributed by atoms with Crippen molar-refractivity contribution < 1.29 is 4.79 Å². The van der Waals surface area contributed by atoms with E-state index in [1.165, 1.54) is 6.20 Å². The predicted octanol–water partition coefficient (Wildman–Crippen LogP) is 1.83. The zero-order chi connectivity index (χ0) is 12.2. The van der Waals surface area contributed by atoms with E-state index in [0.717, 1.165) is 6.42 Å². The Morgan fingerprint density at radius 1 is 1.50 bits per heavy atom. The highest BCUT2D eigenvalue weighted by Gasteiger charge is 2.11. The molecular formula is C12H19N3O. The quantitative estimate of drug-likeness (QED) is 0.818. The third-order valence-corrected chi connectivity index (χ3v) is 2.18. The molecule has 1 aromatic heterocycles. The van der Waals surface area contributed by atoms with Gasteiger partial charge >= 0.3 is 0 Å². The zero-order valence-electron chi connectivity index (χ0n) is 10.1. The first kappa shape index (κ1) is 12.5. The van der Waals surface area contributed by atoms with Crippen LogP contribution in [-0.4, -0.2) is 17.4 Å². The number of nitrogens with one attached hydrogen (secondary N) is 1. The topological polar surface area (TPSA) is 68.0 Å². The van der Waals surface area contributed by atoms with Gasteiger partial charge in [-0.2, -0.15) is 0 Å². The summed E-state index contributed by atoms with van der Waals surface area (Å²) in [5.74, 6) is -0.170. The summed E-state index contributed by atoms with van der Waals surface area (Å²) in [5.41, 5.74) is 6.71. The van der Waals surface area contributed by atoms with E-state index in [4.69, 9.17) is 5.73 Å². The Morgan fingerprint density at radius 2 is 2.19 bits per heavy atom. The number of amides is 1. The second-order valence-corrected chi connectivity index (χ2v) is 5.04. The molecule has 88 valence electrons. The standard InChI is InChI=1S/C12H19N3O/c1-12(2,3)5-7-15-11(16)10-8-9(13)4-6-14-10/h4,6,8H,5,7H2,1-3H3,(H2,13,14)(H,15,16). The van der Waals surface area contributed by atoms with Crippen molar-refractivity contribution >= 4 is 11.6 Å². The Morgan fingerprint density at radius 3 is 2.75 bits per heavy atom. The first-order valence-corrected chi connectivity index (χ1v) is 5.38. The number of carbonyl (C=O) groups is 1. The minimum absolute atomic E-state index is 0.170. The lowest BCUT2D eigenvalue weighted by Crippen LogP contribution is -2.27. The minimum atomic E-state index is -0.170. The van der Waals surface area contributed by atoms with Crippen LogP contribution in [-0.2, 0) is 0 Å². The number of hydrogen-bond donors (Lipinski definition) is 2. The van der Waals surface area contributed by atoms with E-state index in [9.17, 15) is 4.79 Å². The van der Waals surface area contributed by atoms with Gasteiger partial charge in [0.1, 0.15) is 5.69 Å². The van der Waals surface area contributed by atoms with Crippen LogP contribution in [0.3, 0.4) is 0 Å². The fourth-order valence-electron chi connectivity index (χ4n) is 1.21. The number of nitrogens with two attached hydrogens (primary N) is 1. The van der Waals surface area contributed by atoms with Crippen LogP contribution in [0.4, 0.5) is 5.69 Å². The van der Waals surface area contributed by atoms with Crippen LogP contribution >= 0.6 is 0 Å². The van der Waals surface area contributed by atoms with Gasteiger partial charge in [0.2, 0.25) is 0 Å². The van der Waals surface area contributed by atoms with Gasteiger partial charge < -0.3 is 11.1 Å². The number of carbonyl (C=O) groups excluding carboxylic acids is 1. The Bertz CT molecular complexity index is 369. The molecule has 4 nitrogen and oxygen atoms in total. The van der Waals surface area contributed by atoms with Crippen molar-refractivity contribution in [3.05, 3.63) is 24.0 Å². The van der Waals surface area contributed by atoms with Crippen LogP contribution in [0, 0.1) is 5.41 Å². The third-order valence-electron chi connectivity index (χ3n) is 2.18. The molecule has 1 heterocycles. The summed E-state index contributed by atoms with van der Waals surface area (Å²) in [5, 5.41) is 2.83. The van der Waals surface area contributed by atoms with Crippen LogP contribution in [0.15, 0.2) is 18.3 Å². The minimum Gasteiger partial charge on any atom is -0.399 e. The van der Waals surface area contributed by atoms with E-state index in [0.29, 0.717) is 17.9 Å². The highest BCUT2D eigenvalue weighted by atomic mass is 16.1. The molecule has 3 N–H and O–H groups in total. The molecule has 16 heavy (non-hydrogen) atoms. The summed E-state index contributed by atoms with van der Waals surface area (Å²) < 4.78 is 0. The highest BCUT2D eigenvalue weighted by Crippen LogP contribution is 2.17. The van der Waals surface area contributed by atoms with Crippen LogP contribution in [0.5, 0.6) is 0 Å². The van der Waals surface area contributed by atoms with Gasteiger partial charge in [0.15, 0.2) is 0 Å². The molecule has 0 aliphatic carbocycles. The van der Waals surface area contributed by atoms with Crippen LogP contribution in [0.25, 0.3) is 0 Å². The maximum atomic E-state index is 11.7. The van der Waals surface area contributed by atoms with Gasteiger partial charge in [-0.25, -0.2) is 0 Å². The summed E-state index contributed by atoms with van der Waals surface area (Å²) in [7, 11) is 0. The fourth-order valence-corrected chi connectivity index (χ4v) is 1.21. The molecule has 0 unspecified atom stereocenters. The first-order chi connectivity index (χ1) is 7.38. The summed E-state index contributed by atoms with van der Waals surface area (Å²) in [6, 6.07) is 3.23. The van der Waals surface area contributed by atoms with E-state index in [2.05, 4.69) is 31.1 Å². The van der Waals surface area contributed by atoms with Gasteiger partial charge in [0, 0.05) is 18.4 Å². The number of rotatable bonds is 3. The van der Waals surface area contributed by atoms with Gasteiger partial charge in [-0.1, -0.05) is 20.8 Å². The van der Waals surface area contributed by atoms with Crippen molar-refractivity contribution in [3.63, 3.8) is 0 Å². The average Bonchev–Trinajstić information content (AvgIpc) is 2.15. The molecule has 1 amide bonds. The van der Waals surface area contributed by atoms with Crippen molar-refractivity contribution in [1.82, 2.24) is 10.3 Å². The van der Waals surface area contributed by atoms with Crippen LogP contribution in [0.1, 0.15) is 37.7 Å². The van der Waals surface area contributed by atoms with Gasteiger partial charge in [0.25, 0.3) is 5.91 Å². The summed E-state index contributed by atoms with van der Waals surface area (Å²) in [6.07, 6.45) is 2.47. The number of anilines is 1. The summed E-state index contributed by atoms with van der Waals surface area (Å²) in [4.78, 5) is 15.6. The summed E-state index contributed by atoms with van der Waals surface area (Å²) in [6.45, 7) is 7.06. The van der Waals surface area contributed by atoms with E-state index in [1.807, 2.05) is 0 Å². The molecular weight excluding hydrogens is 202 g/mol. The predicted molar refractivity (Wildman–Crippen MR) is 65.1 cm³/mol. The maximum Gasteiger partial charge on any atom is 0.269 e. The first-order valence-electron chi connectivity index (χ1n) is 5.38. The Kier molecular flexibility index (Phi) is 3.88. The SMILES string of the molecule is CC(C)(C)CCNC(=O)c1cc(N)ccn1. The number of nitrogens with zero attached hydrogens (tertiary/aromatic N) is 1. The highest BCUT2D eigenvalue weighted by molar-refractivity contribution is 5.92. The normalized spacial score (nSPS) is 11.2. The van der Waals surface area contributed by atoms with Crippen molar-refractivity contribution in [2.24, 2.45) is 5.41 Å². The van der Waals surface area contributed by atoms with Gasteiger partial charge in [-0.15, -0.1) is 0 Å². The van der Waals surface area contributed by atoms with E-state index in [1.54, 1.807) is 12.1 Å². The molecule has 1 rings (SSSR count). The molecule has 0 aliphatic rings. The van der Waals surface area contributed by atoms with Gasteiger partial charge in [-0.3, -0.25) is 9.78 Å². The molecule has 1 aromatic rings. The number of aromatic nitrogens is 1. The molecule has 0 atom stereocenters. The molecule has 0 bridgehead atoms. The average molecular weight is 221 g/mol. The molecule has 0 radical (unpaired) electrons.